The number of anilines is 1. The Bertz CT molecular complexity index is 762. The second-order valence-corrected chi connectivity index (χ2v) is 4.35. The minimum absolute atomic E-state index is 0.201. The molecule has 100 valence electrons. The van der Waals surface area contributed by atoms with Crippen LogP contribution in [0.3, 0.4) is 0 Å². The summed E-state index contributed by atoms with van der Waals surface area (Å²) in [6.07, 6.45) is 0. The second-order valence-electron chi connectivity index (χ2n) is 4.35. The Morgan fingerprint density at radius 2 is 1.80 bits per heavy atom. The first kappa shape index (κ1) is 12.3. The molecule has 2 aromatic carbocycles. The maximum atomic E-state index is 13.1. The van der Waals surface area contributed by atoms with Gasteiger partial charge in [-0.2, -0.15) is 0 Å². The normalized spacial score (nSPS) is 10.7. The van der Waals surface area contributed by atoms with Crippen LogP contribution in [0.2, 0.25) is 0 Å². The van der Waals surface area contributed by atoms with E-state index in [0.717, 1.165) is 23.0 Å². The van der Waals surface area contributed by atoms with E-state index < -0.39 is 17.5 Å². The fourth-order valence-electron chi connectivity index (χ4n) is 1.97. The SMILES string of the molecule is O=C(Nc1ccc(F)c(F)c1)c1cc2ccccc2[nH]1. The van der Waals surface area contributed by atoms with Crippen molar-refractivity contribution in [2.75, 3.05) is 5.32 Å². The lowest BCUT2D eigenvalue weighted by molar-refractivity contribution is 0.102. The van der Waals surface area contributed by atoms with Gasteiger partial charge in [0.05, 0.1) is 0 Å². The molecule has 0 atom stereocenters. The monoisotopic (exact) mass is 272 g/mol. The van der Waals surface area contributed by atoms with Crippen molar-refractivity contribution in [3.8, 4) is 0 Å². The van der Waals surface area contributed by atoms with E-state index in [4.69, 9.17) is 0 Å². The zero-order valence-corrected chi connectivity index (χ0v) is 10.3. The number of amides is 1. The molecule has 1 aromatic heterocycles. The van der Waals surface area contributed by atoms with E-state index in [-0.39, 0.29) is 5.69 Å². The van der Waals surface area contributed by atoms with Crippen LogP contribution in [0.4, 0.5) is 14.5 Å². The number of carbonyl (C=O) groups is 1. The van der Waals surface area contributed by atoms with Gasteiger partial charge in [-0.1, -0.05) is 18.2 Å². The molecule has 0 radical (unpaired) electrons. The largest absolute Gasteiger partial charge is 0.351 e. The molecule has 3 rings (SSSR count). The van der Waals surface area contributed by atoms with Crippen molar-refractivity contribution < 1.29 is 13.6 Å². The van der Waals surface area contributed by atoms with Gasteiger partial charge in [0.2, 0.25) is 0 Å². The quantitative estimate of drug-likeness (QED) is 0.734. The average molecular weight is 272 g/mol. The number of H-pyrrole nitrogens is 1. The molecule has 1 amide bonds. The molecule has 0 spiro atoms. The van der Waals surface area contributed by atoms with E-state index in [0.29, 0.717) is 5.69 Å². The van der Waals surface area contributed by atoms with Crippen LogP contribution in [0, 0.1) is 11.6 Å². The molecule has 0 aliphatic carbocycles. The highest BCUT2D eigenvalue weighted by Crippen LogP contribution is 2.17. The van der Waals surface area contributed by atoms with Gasteiger partial charge in [0, 0.05) is 22.7 Å². The molecule has 0 bridgehead atoms. The van der Waals surface area contributed by atoms with Crippen molar-refractivity contribution >= 4 is 22.5 Å². The summed E-state index contributed by atoms with van der Waals surface area (Å²) in [6, 6.07) is 12.4. The van der Waals surface area contributed by atoms with Gasteiger partial charge in [-0.3, -0.25) is 4.79 Å². The maximum absolute atomic E-state index is 13.1. The van der Waals surface area contributed by atoms with Crippen LogP contribution in [0.25, 0.3) is 10.9 Å². The fraction of sp³-hybridized carbons (Fsp3) is 0. The number of aromatic amines is 1. The molecular weight excluding hydrogens is 262 g/mol. The highest BCUT2D eigenvalue weighted by Gasteiger charge is 2.10. The van der Waals surface area contributed by atoms with E-state index in [1.54, 1.807) is 6.07 Å². The number of fused-ring (bicyclic) bond motifs is 1. The van der Waals surface area contributed by atoms with Crippen LogP contribution in [0.5, 0.6) is 0 Å². The Labute approximate surface area is 113 Å². The Morgan fingerprint density at radius 3 is 2.55 bits per heavy atom. The summed E-state index contributed by atoms with van der Waals surface area (Å²) in [4.78, 5) is 15.0. The maximum Gasteiger partial charge on any atom is 0.272 e. The number of hydrogen-bond donors (Lipinski definition) is 2. The minimum atomic E-state index is -1.00. The number of nitrogens with one attached hydrogen (secondary N) is 2. The molecule has 5 heteroatoms. The first-order chi connectivity index (χ1) is 9.63. The fourth-order valence-corrected chi connectivity index (χ4v) is 1.97. The lowest BCUT2D eigenvalue weighted by Crippen LogP contribution is -2.12. The zero-order valence-electron chi connectivity index (χ0n) is 10.3. The lowest BCUT2D eigenvalue weighted by Gasteiger charge is -2.03. The van der Waals surface area contributed by atoms with E-state index >= 15 is 0 Å². The molecule has 2 N–H and O–H groups in total. The van der Waals surface area contributed by atoms with Crippen molar-refractivity contribution in [2.45, 2.75) is 0 Å². The Morgan fingerprint density at radius 1 is 1.00 bits per heavy atom. The number of rotatable bonds is 2. The van der Waals surface area contributed by atoms with Crippen molar-refractivity contribution in [3.05, 3.63) is 65.9 Å². The van der Waals surface area contributed by atoms with Crippen molar-refractivity contribution in [1.82, 2.24) is 4.98 Å². The number of carbonyl (C=O) groups excluding carboxylic acids is 1. The van der Waals surface area contributed by atoms with Gasteiger partial charge in [0.1, 0.15) is 5.69 Å². The molecule has 0 aliphatic heterocycles. The number of halogens is 2. The Kier molecular flexibility index (Phi) is 2.95. The third kappa shape index (κ3) is 2.25. The summed E-state index contributed by atoms with van der Waals surface area (Å²) in [5.41, 5.74) is 1.39. The molecule has 1 heterocycles. The van der Waals surface area contributed by atoms with Gasteiger partial charge < -0.3 is 10.3 Å². The van der Waals surface area contributed by atoms with Gasteiger partial charge in [0.25, 0.3) is 5.91 Å². The standard InChI is InChI=1S/C15H10F2N2O/c16-11-6-5-10(8-12(11)17)18-15(20)14-7-9-3-1-2-4-13(9)19-14/h1-8,19H,(H,18,20). The molecule has 20 heavy (non-hydrogen) atoms. The van der Waals surface area contributed by atoms with Gasteiger partial charge in [-0.15, -0.1) is 0 Å². The Balaban J connectivity index is 1.86. The molecule has 0 aliphatic rings. The highest BCUT2D eigenvalue weighted by atomic mass is 19.2. The highest BCUT2D eigenvalue weighted by molar-refractivity contribution is 6.05. The predicted molar refractivity (Wildman–Crippen MR) is 72.6 cm³/mol. The van der Waals surface area contributed by atoms with Crippen LogP contribution in [-0.4, -0.2) is 10.9 Å². The van der Waals surface area contributed by atoms with Gasteiger partial charge in [0.15, 0.2) is 11.6 Å². The van der Waals surface area contributed by atoms with Crippen molar-refractivity contribution in [1.29, 1.82) is 0 Å². The van der Waals surface area contributed by atoms with Crippen molar-refractivity contribution in [2.24, 2.45) is 0 Å². The summed E-state index contributed by atoms with van der Waals surface area (Å²) in [5, 5.41) is 3.42. The first-order valence-electron chi connectivity index (χ1n) is 5.97. The number of hydrogen-bond acceptors (Lipinski definition) is 1. The van der Waals surface area contributed by atoms with Crippen LogP contribution in [0.1, 0.15) is 10.5 Å². The number of para-hydroxylation sites is 1. The third-order valence-electron chi connectivity index (χ3n) is 2.95. The average Bonchev–Trinajstić information content (AvgIpc) is 2.87. The topological polar surface area (TPSA) is 44.9 Å². The van der Waals surface area contributed by atoms with Crippen molar-refractivity contribution in [3.63, 3.8) is 0 Å². The van der Waals surface area contributed by atoms with Gasteiger partial charge >= 0.3 is 0 Å². The van der Waals surface area contributed by atoms with E-state index in [9.17, 15) is 13.6 Å². The number of aromatic nitrogens is 1. The van der Waals surface area contributed by atoms with Crippen LogP contribution in [-0.2, 0) is 0 Å². The summed E-state index contributed by atoms with van der Waals surface area (Å²) in [6.45, 7) is 0. The van der Waals surface area contributed by atoms with Crippen LogP contribution in [0.15, 0.2) is 48.5 Å². The van der Waals surface area contributed by atoms with E-state index in [2.05, 4.69) is 10.3 Å². The Hall–Kier alpha value is -2.69. The van der Waals surface area contributed by atoms with Crippen LogP contribution >= 0.6 is 0 Å². The minimum Gasteiger partial charge on any atom is -0.351 e. The molecule has 0 fully saturated rings. The lowest BCUT2D eigenvalue weighted by atomic mass is 10.2. The predicted octanol–water partition coefficient (Wildman–Crippen LogP) is 3.70. The second kappa shape index (κ2) is 4.77. The number of benzene rings is 2. The summed E-state index contributed by atoms with van der Waals surface area (Å²) < 4.78 is 25.9. The van der Waals surface area contributed by atoms with Gasteiger partial charge in [-0.05, 0) is 24.3 Å². The third-order valence-corrected chi connectivity index (χ3v) is 2.95. The zero-order chi connectivity index (χ0) is 14.1. The first-order valence-corrected chi connectivity index (χ1v) is 5.97. The van der Waals surface area contributed by atoms with Gasteiger partial charge in [-0.25, -0.2) is 8.78 Å². The summed E-state index contributed by atoms with van der Waals surface area (Å²) in [7, 11) is 0. The molecule has 0 unspecified atom stereocenters. The van der Waals surface area contributed by atoms with E-state index in [1.165, 1.54) is 6.07 Å². The molecule has 0 saturated heterocycles. The molecule has 3 aromatic rings. The smallest absolute Gasteiger partial charge is 0.272 e. The molecular formula is C15H10F2N2O. The molecule has 3 nitrogen and oxygen atoms in total. The summed E-state index contributed by atoms with van der Waals surface area (Å²) >= 11 is 0. The molecule has 0 saturated carbocycles. The summed E-state index contributed by atoms with van der Waals surface area (Å²) in [5.74, 6) is -2.36. The van der Waals surface area contributed by atoms with Crippen LogP contribution < -0.4 is 5.32 Å². The van der Waals surface area contributed by atoms with E-state index in [1.807, 2.05) is 24.3 Å².